The van der Waals surface area contributed by atoms with Crippen molar-refractivity contribution in [2.45, 2.75) is 38.0 Å². The number of nitrogens with zero attached hydrogens (tertiary/aromatic N) is 1. The number of sulfonamides is 1. The minimum Gasteiger partial charge on any atom is -0.200 e. The van der Waals surface area contributed by atoms with Gasteiger partial charge in [-0.2, -0.15) is 13.5 Å². The third-order valence-corrected chi connectivity index (χ3v) is 3.92. The third-order valence-electron chi connectivity index (χ3n) is 2.70. The zero-order valence-electron chi connectivity index (χ0n) is 11.4. The first kappa shape index (κ1) is 15.4. The van der Waals surface area contributed by atoms with Crippen LogP contribution in [0.15, 0.2) is 46.9 Å². The lowest BCUT2D eigenvalue weighted by atomic mass is 10.2. The maximum Gasteiger partial charge on any atom is 0.276 e. The van der Waals surface area contributed by atoms with E-state index in [0.717, 1.165) is 24.1 Å². The SMILES string of the molecule is C=CCC/C(CC)=N/NS(=O)(=O)c1ccc(C)cc1. The number of rotatable bonds is 7. The van der Waals surface area contributed by atoms with Crippen LogP contribution in [0.4, 0.5) is 0 Å². The van der Waals surface area contributed by atoms with E-state index >= 15 is 0 Å². The molecule has 0 spiro atoms. The molecule has 0 heterocycles. The second-order valence-electron chi connectivity index (χ2n) is 4.27. The molecular formula is C14H20N2O2S. The van der Waals surface area contributed by atoms with Gasteiger partial charge in [-0.3, -0.25) is 0 Å². The van der Waals surface area contributed by atoms with Gasteiger partial charge in [-0.25, -0.2) is 4.83 Å². The van der Waals surface area contributed by atoms with Crippen LogP contribution in [0.1, 0.15) is 31.7 Å². The first-order valence-electron chi connectivity index (χ1n) is 6.24. The fourth-order valence-corrected chi connectivity index (χ4v) is 2.32. The van der Waals surface area contributed by atoms with Gasteiger partial charge in [0.05, 0.1) is 4.90 Å². The Bertz CT molecular complexity index is 545. The van der Waals surface area contributed by atoms with Gasteiger partial charge in [0.1, 0.15) is 0 Å². The van der Waals surface area contributed by atoms with Crippen molar-refractivity contribution >= 4 is 15.7 Å². The molecular weight excluding hydrogens is 260 g/mol. The van der Waals surface area contributed by atoms with Crippen molar-refractivity contribution in [1.29, 1.82) is 0 Å². The number of hydrogen-bond donors (Lipinski definition) is 1. The first-order valence-corrected chi connectivity index (χ1v) is 7.72. The molecule has 0 radical (unpaired) electrons. The quantitative estimate of drug-likeness (QED) is 0.474. The van der Waals surface area contributed by atoms with E-state index in [0.29, 0.717) is 6.42 Å². The molecule has 5 heteroatoms. The summed E-state index contributed by atoms with van der Waals surface area (Å²) >= 11 is 0. The monoisotopic (exact) mass is 280 g/mol. The Morgan fingerprint density at radius 1 is 1.37 bits per heavy atom. The molecule has 1 aromatic carbocycles. The van der Waals surface area contributed by atoms with Crippen LogP contribution in [0.5, 0.6) is 0 Å². The molecule has 0 aliphatic carbocycles. The molecule has 0 amide bonds. The van der Waals surface area contributed by atoms with Gasteiger partial charge in [-0.05, 0) is 38.3 Å². The third kappa shape index (κ3) is 4.87. The van der Waals surface area contributed by atoms with Gasteiger partial charge < -0.3 is 0 Å². The molecule has 0 aliphatic rings. The zero-order valence-corrected chi connectivity index (χ0v) is 12.2. The van der Waals surface area contributed by atoms with Crippen LogP contribution in [0.2, 0.25) is 0 Å². The van der Waals surface area contributed by atoms with Crippen LogP contribution < -0.4 is 4.83 Å². The van der Waals surface area contributed by atoms with E-state index in [4.69, 9.17) is 0 Å². The summed E-state index contributed by atoms with van der Waals surface area (Å²) in [5, 5.41) is 3.98. The number of aryl methyl sites for hydroxylation is 1. The van der Waals surface area contributed by atoms with E-state index in [1.54, 1.807) is 30.3 Å². The summed E-state index contributed by atoms with van der Waals surface area (Å²) in [6, 6.07) is 6.67. The van der Waals surface area contributed by atoms with Crippen molar-refractivity contribution in [3.05, 3.63) is 42.5 Å². The second kappa shape index (κ2) is 7.09. The summed E-state index contributed by atoms with van der Waals surface area (Å²) in [5.41, 5.74) is 1.83. The van der Waals surface area contributed by atoms with Gasteiger partial charge in [-0.1, -0.05) is 30.7 Å². The van der Waals surface area contributed by atoms with Crippen LogP contribution in [0, 0.1) is 6.92 Å². The summed E-state index contributed by atoms with van der Waals surface area (Å²) in [7, 11) is -3.57. The summed E-state index contributed by atoms with van der Waals surface area (Å²) in [4.78, 5) is 2.50. The summed E-state index contributed by atoms with van der Waals surface area (Å²) in [5.74, 6) is 0. The van der Waals surface area contributed by atoms with Crippen LogP contribution in [0.3, 0.4) is 0 Å². The Kier molecular flexibility index (Phi) is 5.76. The molecule has 0 fully saturated rings. The fourth-order valence-electron chi connectivity index (χ4n) is 1.48. The Labute approximate surface area is 115 Å². The summed E-state index contributed by atoms with van der Waals surface area (Å²) in [6.45, 7) is 7.49. The summed E-state index contributed by atoms with van der Waals surface area (Å²) in [6.07, 6.45) is 4.01. The van der Waals surface area contributed by atoms with Crippen LogP contribution >= 0.6 is 0 Å². The van der Waals surface area contributed by atoms with Crippen molar-refractivity contribution in [3.63, 3.8) is 0 Å². The molecule has 0 aromatic heterocycles. The van der Waals surface area contributed by atoms with Crippen molar-refractivity contribution in [1.82, 2.24) is 4.83 Å². The van der Waals surface area contributed by atoms with Gasteiger partial charge >= 0.3 is 0 Å². The van der Waals surface area contributed by atoms with Gasteiger partial charge in [0, 0.05) is 5.71 Å². The fraction of sp³-hybridized carbons (Fsp3) is 0.357. The smallest absolute Gasteiger partial charge is 0.200 e. The number of benzene rings is 1. The van der Waals surface area contributed by atoms with E-state index < -0.39 is 10.0 Å². The highest BCUT2D eigenvalue weighted by Gasteiger charge is 2.12. The van der Waals surface area contributed by atoms with E-state index in [9.17, 15) is 8.42 Å². The van der Waals surface area contributed by atoms with Gasteiger partial charge in [0.2, 0.25) is 0 Å². The van der Waals surface area contributed by atoms with Gasteiger partial charge in [0.15, 0.2) is 0 Å². The van der Waals surface area contributed by atoms with E-state index in [-0.39, 0.29) is 4.90 Å². The van der Waals surface area contributed by atoms with E-state index in [1.807, 2.05) is 13.8 Å². The maximum atomic E-state index is 12.0. The normalized spacial score (nSPS) is 12.2. The van der Waals surface area contributed by atoms with Gasteiger partial charge in [0.25, 0.3) is 10.0 Å². The Morgan fingerprint density at radius 2 is 2.00 bits per heavy atom. The van der Waals surface area contributed by atoms with Gasteiger partial charge in [-0.15, -0.1) is 6.58 Å². The number of hydrazone groups is 1. The second-order valence-corrected chi connectivity index (χ2v) is 5.93. The molecule has 1 aromatic rings. The molecule has 4 nitrogen and oxygen atoms in total. The Morgan fingerprint density at radius 3 is 2.53 bits per heavy atom. The molecule has 0 saturated carbocycles. The minimum absolute atomic E-state index is 0.223. The van der Waals surface area contributed by atoms with Crippen LogP contribution in [-0.4, -0.2) is 14.1 Å². The average molecular weight is 280 g/mol. The highest BCUT2D eigenvalue weighted by Crippen LogP contribution is 2.10. The maximum absolute atomic E-state index is 12.0. The van der Waals surface area contributed by atoms with Crippen molar-refractivity contribution in [2.75, 3.05) is 0 Å². The lowest BCUT2D eigenvalue weighted by Gasteiger charge is -2.06. The number of nitrogens with one attached hydrogen (secondary N) is 1. The van der Waals surface area contributed by atoms with E-state index in [1.165, 1.54) is 0 Å². The Balaban J connectivity index is 2.81. The number of allylic oxidation sites excluding steroid dienone is 1. The molecule has 0 atom stereocenters. The minimum atomic E-state index is -3.57. The predicted octanol–water partition coefficient (Wildman–Crippen LogP) is 3.01. The highest BCUT2D eigenvalue weighted by molar-refractivity contribution is 7.89. The molecule has 0 aliphatic heterocycles. The van der Waals surface area contributed by atoms with E-state index in [2.05, 4.69) is 16.5 Å². The zero-order chi connectivity index (χ0) is 14.3. The van der Waals surface area contributed by atoms with Crippen molar-refractivity contribution < 1.29 is 8.42 Å². The van der Waals surface area contributed by atoms with Crippen LogP contribution in [-0.2, 0) is 10.0 Å². The van der Waals surface area contributed by atoms with Crippen molar-refractivity contribution in [2.24, 2.45) is 5.10 Å². The lowest BCUT2D eigenvalue weighted by Crippen LogP contribution is -2.20. The molecule has 1 rings (SSSR count). The Hall–Kier alpha value is -1.62. The molecule has 0 unspecified atom stereocenters. The molecule has 0 bridgehead atoms. The highest BCUT2D eigenvalue weighted by atomic mass is 32.2. The predicted molar refractivity (Wildman–Crippen MR) is 78.7 cm³/mol. The molecule has 19 heavy (non-hydrogen) atoms. The van der Waals surface area contributed by atoms with Crippen molar-refractivity contribution in [3.8, 4) is 0 Å². The molecule has 1 N–H and O–H groups in total. The topological polar surface area (TPSA) is 58.5 Å². The lowest BCUT2D eigenvalue weighted by molar-refractivity contribution is 0.584. The largest absolute Gasteiger partial charge is 0.276 e. The first-order chi connectivity index (χ1) is 8.99. The average Bonchev–Trinajstić information content (AvgIpc) is 2.39. The standard InChI is InChI=1S/C14H20N2O2S/c1-4-6-7-13(5-2)15-16-19(17,18)14-10-8-12(3)9-11-14/h4,8-11,16H,1,5-7H2,2-3H3/b15-13+. The molecule has 0 saturated heterocycles. The van der Waals surface area contributed by atoms with Crippen LogP contribution in [0.25, 0.3) is 0 Å². The number of hydrogen-bond acceptors (Lipinski definition) is 3. The molecule has 104 valence electrons. The summed E-state index contributed by atoms with van der Waals surface area (Å²) < 4.78 is 24.0.